The summed E-state index contributed by atoms with van der Waals surface area (Å²) in [6, 6.07) is 3.32. The van der Waals surface area contributed by atoms with Gasteiger partial charge in [0, 0.05) is 30.5 Å². The SMILES string of the molecule is CC(C)Oc1ncccc1CNC(=O)[C@@H]1CS[C@]2(C)CCC(=O)N12. The number of aromatic nitrogens is 1. The fourth-order valence-electron chi connectivity index (χ4n) is 3.20. The number of hydrogen-bond acceptors (Lipinski definition) is 5. The van der Waals surface area contributed by atoms with E-state index in [0.29, 0.717) is 24.6 Å². The summed E-state index contributed by atoms with van der Waals surface area (Å²) in [4.78, 5) is 30.5. The van der Waals surface area contributed by atoms with E-state index >= 15 is 0 Å². The van der Waals surface area contributed by atoms with Crippen LogP contribution in [0.4, 0.5) is 0 Å². The number of carbonyl (C=O) groups excluding carboxylic acids is 2. The van der Waals surface area contributed by atoms with E-state index in [9.17, 15) is 9.59 Å². The molecule has 2 atom stereocenters. The van der Waals surface area contributed by atoms with Crippen molar-refractivity contribution < 1.29 is 14.3 Å². The zero-order chi connectivity index (χ0) is 17.3. The van der Waals surface area contributed by atoms with Gasteiger partial charge in [0.15, 0.2) is 0 Å². The number of nitrogens with zero attached hydrogens (tertiary/aromatic N) is 2. The van der Waals surface area contributed by atoms with E-state index in [1.807, 2.05) is 32.9 Å². The van der Waals surface area contributed by atoms with Crippen molar-refractivity contribution in [3.05, 3.63) is 23.9 Å². The molecule has 1 N–H and O–H groups in total. The molecule has 0 unspecified atom stereocenters. The Bertz CT molecular complexity index is 652. The van der Waals surface area contributed by atoms with E-state index in [1.165, 1.54) is 0 Å². The van der Waals surface area contributed by atoms with Gasteiger partial charge in [-0.15, -0.1) is 11.8 Å². The molecule has 2 saturated heterocycles. The molecule has 0 aromatic carbocycles. The first-order valence-electron chi connectivity index (χ1n) is 8.25. The molecule has 7 heteroatoms. The first kappa shape index (κ1) is 17.1. The third kappa shape index (κ3) is 3.22. The molecule has 1 aromatic rings. The summed E-state index contributed by atoms with van der Waals surface area (Å²) in [6.45, 7) is 6.26. The lowest BCUT2D eigenvalue weighted by Gasteiger charge is -2.29. The monoisotopic (exact) mass is 349 g/mol. The predicted molar refractivity (Wildman–Crippen MR) is 92.6 cm³/mol. The number of amides is 2. The van der Waals surface area contributed by atoms with Crippen molar-refractivity contribution >= 4 is 23.6 Å². The van der Waals surface area contributed by atoms with Crippen molar-refractivity contribution in [2.45, 2.75) is 57.2 Å². The molecule has 0 radical (unpaired) electrons. The van der Waals surface area contributed by atoms with Crippen molar-refractivity contribution in [1.82, 2.24) is 15.2 Å². The van der Waals surface area contributed by atoms with Crippen LogP contribution in [0.3, 0.4) is 0 Å². The fourth-order valence-corrected chi connectivity index (χ4v) is 4.63. The Balaban J connectivity index is 1.66. The normalized spacial score (nSPS) is 25.9. The van der Waals surface area contributed by atoms with Crippen molar-refractivity contribution in [2.75, 3.05) is 5.75 Å². The maximum absolute atomic E-state index is 12.6. The minimum Gasteiger partial charge on any atom is -0.475 e. The lowest BCUT2D eigenvalue weighted by Crippen LogP contribution is -2.49. The average molecular weight is 349 g/mol. The van der Waals surface area contributed by atoms with Gasteiger partial charge in [-0.25, -0.2) is 4.98 Å². The Kier molecular flexibility index (Phi) is 4.71. The van der Waals surface area contributed by atoms with Gasteiger partial charge < -0.3 is 15.0 Å². The number of pyridine rings is 1. The summed E-state index contributed by atoms with van der Waals surface area (Å²) in [7, 11) is 0. The van der Waals surface area contributed by atoms with Crippen molar-refractivity contribution in [2.24, 2.45) is 0 Å². The van der Waals surface area contributed by atoms with Crippen LogP contribution in [0.25, 0.3) is 0 Å². The first-order chi connectivity index (χ1) is 11.4. The molecule has 3 rings (SSSR count). The van der Waals surface area contributed by atoms with Crippen LogP contribution in [0.2, 0.25) is 0 Å². The average Bonchev–Trinajstić information content (AvgIpc) is 3.02. The zero-order valence-corrected chi connectivity index (χ0v) is 15.1. The highest BCUT2D eigenvalue weighted by atomic mass is 32.2. The first-order valence-corrected chi connectivity index (χ1v) is 9.23. The van der Waals surface area contributed by atoms with Crippen molar-refractivity contribution in [3.63, 3.8) is 0 Å². The highest BCUT2D eigenvalue weighted by Crippen LogP contribution is 2.47. The van der Waals surface area contributed by atoms with E-state index < -0.39 is 0 Å². The predicted octanol–water partition coefficient (Wildman–Crippen LogP) is 1.94. The minimum atomic E-state index is -0.388. The second-order valence-corrected chi connectivity index (χ2v) is 8.12. The molecular weight excluding hydrogens is 326 g/mol. The van der Waals surface area contributed by atoms with Gasteiger partial charge >= 0.3 is 0 Å². The summed E-state index contributed by atoms with van der Waals surface area (Å²) in [6.07, 6.45) is 3.03. The van der Waals surface area contributed by atoms with E-state index in [-0.39, 0.29) is 28.8 Å². The number of hydrogen-bond donors (Lipinski definition) is 1. The van der Waals surface area contributed by atoms with Gasteiger partial charge in [0.2, 0.25) is 17.7 Å². The molecule has 2 fully saturated rings. The highest BCUT2D eigenvalue weighted by molar-refractivity contribution is 8.01. The topological polar surface area (TPSA) is 71.5 Å². The van der Waals surface area contributed by atoms with E-state index in [2.05, 4.69) is 10.3 Å². The lowest BCUT2D eigenvalue weighted by molar-refractivity contribution is -0.138. The van der Waals surface area contributed by atoms with Crippen molar-refractivity contribution in [3.8, 4) is 5.88 Å². The Labute approximate surface area is 146 Å². The van der Waals surface area contributed by atoms with Crippen LogP contribution in [-0.2, 0) is 16.1 Å². The fraction of sp³-hybridized carbons (Fsp3) is 0.588. The van der Waals surface area contributed by atoms with Crippen LogP contribution in [0.5, 0.6) is 5.88 Å². The van der Waals surface area contributed by atoms with Crippen LogP contribution in [0.15, 0.2) is 18.3 Å². The summed E-state index contributed by atoms with van der Waals surface area (Å²) in [5.74, 6) is 1.15. The lowest BCUT2D eigenvalue weighted by atomic mass is 10.2. The maximum atomic E-state index is 12.6. The van der Waals surface area contributed by atoms with Gasteiger partial charge in [-0.1, -0.05) is 6.07 Å². The Morgan fingerprint density at radius 3 is 3.12 bits per heavy atom. The van der Waals surface area contributed by atoms with Crippen molar-refractivity contribution in [1.29, 1.82) is 0 Å². The highest BCUT2D eigenvalue weighted by Gasteiger charge is 2.52. The van der Waals surface area contributed by atoms with Gasteiger partial charge in [-0.05, 0) is 33.3 Å². The molecule has 0 aliphatic carbocycles. The largest absolute Gasteiger partial charge is 0.475 e. The summed E-state index contributed by atoms with van der Waals surface area (Å²) < 4.78 is 5.67. The summed E-state index contributed by atoms with van der Waals surface area (Å²) in [5.41, 5.74) is 0.834. The molecule has 2 amide bonds. The molecule has 0 saturated carbocycles. The molecule has 24 heavy (non-hydrogen) atoms. The summed E-state index contributed by atoms with van der Waals surface area (Å²) in [5, 5.41) is 2.94. The molecule has 2 aliphatic rings. The number of rotatable bonds is 5. The number of carbonyl (C=O) groups is 2. The van der Waals surface area contributed by atoms with Crippen LogP contribution >= 0.6 is 11.8 Å². The molecule has 2 aliphatic heterocycles. The quantitative estimate of drug-likeness (QED) is 0.880. The second-order valence-electron chi connectivity index (χ2n) is 6.62. The molecule has 6 nitrogen and oxygen atoms in total. The van der Waals surface area contributed by atoms with E-state index in [4.69, 9.17) is 4.74 Å². The van der Waals surface area contributed by atoms with Crippen LogP contribution in [-0.4, -0.2) is 44.5 Å². The second kappa shape index (κ2) is 6.63. The standard InChI is InChI=1S/C17H23N3O3S/c1-11(2)23-16-12(5-4-8-18-16)9-19-15(22)13-10-24-17(3)7-6-14(21)20(13)17/h4-5,8,11,13H,6-7,9-10H2,1-3H3,(H,19,22)/t13-,17+/m0/s1. The Hall–Kier alpha value is -1.76. The number of ether oxygens (including phenoxy) is 1. The third-order valence-corrected chi connectivity index (χ3v) is 5.90. The van der Waals surface area contributed by atoms with Gasteiger partial charge in [-0.2, -0.15) is 0 Å². The van der Waals surface area contributed by atoms with Gasteiger partial charge in [0.25, 0.3) is 0 Å². The van der Waals surface area contributed by atoms with Crippen LogP contribution < -0.4 is 10.1 Å². The van der Waals surface area contributed by atoms with Gasteiger partial charge in [0.05, 0.1) is 11.0 Å². The number of nitrogens with one attached hydrogen (secondary N) is 1. The Morgan fingerprint density at radius 1 is 1.58 bits per heavy atom. The molecule has 1 aromatic heterocycles. The molecule has 0 spiro atoms. The number of thioether (sulfide) groups is 1. The Morgan fingerprint density at radius 2 is 2.38 bits per heavy atom. The third-order valence-electron chi connectivity index (χ3n) is 4.40. The van der Waals surface area contributed by atoms with Crippen LogP contribution in [0, 0.1) is 0 Å². The smallest absolute Gasteiger partial charge is 0.243 e. The van der Waals surface area contributed by atoms with Crippen LogP contribution in [0.1, 0.15) is 39.2 Å². The summed E-state index contributed by atoms with van der Waals surface area (Å²) >= 11 is 1.70. The molecular formula is C17H23N3O3S. The minimum absolute atomic E-state index is 0.0171. The van der Waals surface area contributed by atoms with E-state index in [0.717, 1.165) is 12.0 Å². The molecule has 130 valence electrons. The maximum Gasteiger partial charge on any atom is 0.243 e. The van der Waals surface area contributed by atoms with Gasteiger partial charge in [-0.3, -0.25) is 9.59 Å². The number of fused-ring (bicyclic) bond motifs is 1. The van der Waals surface area contributed by atoms with Gasteiger partial charge in [0.1, 0.15) is 6.04 Å². The zero-order valence-electron chi connectivity index (χ0n) is 14.2. The molecule has 3 heterocycles. The molecule has 0 bridgehead atoms. The van der Waals surface area contributed by atoms with E-state index in [1.54, 1.807) is 22.9 Å².